The first-order valence-electron chi connectivity index (χ1n) is 8.02. The summed E-state index contributed by atoms with van der Waals surface area (Å²) in [5.41, 5.74) is 1.35. The number of benzene rings is 2. The van der Waals surface area contributed by atoms with Crippen LogP contribution < -0.4 is 10.1 Å². The van der Waals surface area contributed by atoms with Crippen LogP contribution in [0.3, 0.4) is 0 Å². The highest BCUT2D eigenvalue weighted by molar-refractivity contribution is 7.89. The van der Waals surface area contributed by atoms with E-state index in [1.54, 1.807) is 19.1 Å². The second-order valence-corrected chi connectivity index (χ2v) is 8.12. The normalized spacial score (nSPS) is 12.7. The fraction of sp³-hybridized carbons (Fsp3) is 0.278. The van der Waals surface area contributed by atoms with Gasteiger partial charge in [0.2, 0.25) is 0 Å². The first-order valence-corrected chi connectivity index (χ1v) is 9.83. The molecule has 7 nitrogen and oxygen atoms in total. The van der Waals surface area contributed by atoms with E-state index in [1.807, 2.05) is 19.1 Å². The molecule has 1 amide bonds. The van der Waals surface area contributed by atoms with Crippen LogP contribution in [0.15, 0.2) is 47.4 Å². The van der Waals surface area contributed by atoms with Gasteiger partial charge in [-0.1, -0.05) is 33.8 Å². The van der Waals surface area contributed by atoms with Gasteiger partial charge < -0.3 is 10.1 Å². The van der Waals surface area contributed by atoms with E-state index in [4.69, 9.17) is 21.2 Å². The van der Waals surface area contributed by atoms with Crippen molar-refractivity contribution in [3.05, 3.63) is 53.1 Å². The van der Waals surface area contributed by atoms with Gasteiger partial charge in [0.1, 0.15) is 10.6 Å². The SMILES string of the molecule is CON(C)S(=O)(=O)c1cc(NC(=O)[C@H](C)Oc2ccc(C)cc2)ccc1Cl. The van der Waals surface area contributed by atoms with Gasteiger partial charge >= 0.3 is 0 Å². The van der Waals surface area contributed by atoms with Gasteiger partial charge in [0.15, 0.2) is 6.10 Å². The van der Waals surface area contributed by atoms with Crippen LogP contribution >= 0.6 is 11.6 Å². The zero-order valence-electron chi connectivity index (χ0n) is 15.4. The quantitative estimate of drug-likeness (QED) is 0.705. The molecule has 0 heterocycles. The van der Waals surface area contributed by atoms with Crippen molar-refractivity contribution in [1.29, 1.82) is 0 Å². The molecule has 1 atom stereocenters. The van der Waals surface area contributed by atoms with E-state index in [0.717, 1.165) is 5.56 Å². The van der Waals surface area contributed by atoms with Crippen molar-refractivity contribution >= 4 is 33.2 Å². The van der Waals surface area contributed by atoms with Gasteiger partial charge in [-0.05, 0) is 44.2 Å². The zero-order valence-corrected chi connectivity index (χ0v) is 17.0. The largest absolute Gasteiger partial charge is 0.481 e. The molecule has 2 aromatic carbocycles. The number of halogens is 1. The maximum Gasteiger partial charge on any atom is 0.266 e. The predicted octanol–water partition coefficient (Wildman–Crippen LogP) is 3.24. The summed E-state index contributed by atoms with van der Waals surface area (Å²) in [7, 11) is -1.49. The summed E-state index contributed by atoms with van der Waals surface area (Å²) in [6.45, 7) is 3.55. The average Bonchev–Trinajstić information content (AvgIpc) is 2.64. The summed E-state index contributed by atoms with van der Waals surface area (Å²) < 4.78 is 31.1. The molecule has 146 valence electrons. The van der Waals surface area contributed by atoms with Gasteiger partial charge in [-0.3, -0.25) is 9.63 Å². The third-order valence-electron chi connectivity index (χ3n) is 3.78. The van der Waals surface area contributed by atoms with Crippen molar-refractivity contribution < 1.29 is 22.8 Å². The molecule has 0 aliphatic heterocycles. The minimum Gasteiger partial charge on any atom is -0.481 e. The number of ether oxygens (including phenoxy) is 1. The van der Waals surface area contributed by atoms with E-state index in [0.29, 0.717) is 10.2 Å². The van der Waals surface area contributed by atoms with Crippen LogP contribution in [0.4, 0.5) is 5.69 Å². The molecule has 0 unspecified atom stereocenters. The number of carbonyl (C=O) groups is 1. The van der Waals surface area contributed by atoms with Crippen LogP contribution in [0, 0.1) is 6.92 Å². The lowest BCUT2D eigenvalue weighted by Gasteiger charge is -2.17. The van der Waals surface area contributed by atoms with Gasteiger partial charge in [0, 0.05) is 12.7 Å². The number of aryl methyl sites for hydroxylation is 1. The number of nitrogens with one attached hydrogen (secondary N) is 1. The van der Waals surface area contributed by atoms with E-state index in [2.05, 4.69) is 5.32 Å². The zero-order chi connectivity index (χ0) is 20.2. The molecular weight excluding hydrogens is 392 g/mol. The van der Waals surface area contributed by atoms with Gasteiger partial charge in [-0.2, -0.15) is 0 Å². The second-order valence-electron chi connectivity index (χ2n) is 5.80. The number of hydroxylamine groups is 1. The van der Waals surface area contributed by atoms with E-state index in [9.17, 15) is 13.2 Å². The Morgan fingerprint density at radius 2 is 1.81 bits per heavy atom. The van der Waals surface area contributed by atoms with Crippen molar-refractivity contribution in [2.24, 2.45) is 0 Å². The molecule has 0 saturated carbocycles. The Labute approximate surface area is 163 Å². The smallest absolute Gasteiger partial charge is 0.266 e. The number of hydrogen-bond donors (Lipinski definition) is 1. The second kappa shape index (κ2) is 8.71. The lowest BCUT2D eigenvalue weighted by molar-refractivity contribution is -0.122. The molecule has 0 spiro atoms. The Morgan fingerprint density at radius 1 is 1.19 bits per heavy atom. The van der Waals surface area contributed by atoms with E-state index < -0.39 is 22.0 Å². The summed E-state index contributed by atoms with van der Waals surface area (Å²) in [5, 5.41) is 2.64. The number of carbonyl (C=O) groups excluding carboxylic acids is 1. The molecule has 0 saturated heterocycles. The topological polar surface area (TPSA) is 84.9 Å². The standard InChI is InChI=1S/C18H21ClN2O5S/c1-12-5-8-15(9-6-12)26-13(2)18(22)20-14-7-10-16(19)17(11-14)27(23,24)21(3)25-4/h5-11,13H,1-4H3,(H,20,22)/t13-/m0/s1. The molecule has 1 N–H and O–H groups in total. The first kappa shape index (κ1) is 21.2. The minimum absolute atomic E-state index is 0.0147. The third kappa shape index (κ3) is 5.20. The van der Waals surface area contributed by atoms with Crippen molar-refractivity contribution in [3.8, 4) is 5.75 Å². The van der Waals surface area contributed by atoms with Gasteiger partial charge in [0.05, 0.1) is 12.1 Å². The molecule has 0 aliphatic rings. The third-order valence-corrected chi connectivity index (χ3v) is 5.94. The Hall–Kier alpha value is -2.13. The molecule has 0 fully saturated rings. The highest BCUT2D eigenvalue weighted by atomic mass is 35.5. The average molecular weight is 413 g/mol. The van der Waals surface area contributed by atoms with Crippen molar-refractivity contribution in [2.45, 2.75) is 24.8 Å². The van der Waals surface area contributed by atoms with Crippen LogP contribution in [0.2, 0.25) is 5.02 Å². The minimum atomic E-state index is -3.95. The predicted molar refractivity (Wildman–Crippen MR) is 103 cm³/mol. The van der Waals surface area contributed by atoms with Crippen LogP contribution in [0.1, 0.15) is 12.5 Å². The fourth-order valence-corrected chi connectivity index (χ4v) is 3.61. The Morgan fingerprint density at radius 3 is 2.41 bits per heavy atom. The lowest BCUT2D eigenvalue weighted by atomic mass is 10.2. The highest BCUT2D eigenvalue weighted by Crippen LogP contribution is 2.27. The number of sulfonamides is 1. The maximum atomic E-state index is 12.4. The van der Waals surface area contributed by atoms with E-state index in [1.165, 1.54) is 32.4 Å². The number of nitrogens with zero attached hydrogens (tertiary/aromatic N) is 1. The van der Waals surface area contributed by atoms with Crippen molar-refractivity contribution in [3.63, 3.8) is 0 Å². The molecule has 2 rings (SSSR count). The van der Waals surface area contributed by atoms with Crippen LogP contribution in [0.25, 0.3) is 0 Å². The molecule has 0 aliphatic carbocycles. The van der Waals surface area contributed by atoms with Crippen LogP contribution in [-0.4, -0.2) is 39.1 Å². The molecular formula is C18H21ClN2O5S. The molecule has 0 bridgehead atoms. The Balaban J connectivity index is 2.16. The molecule has 9 heteroatoms. The van der Waals surface area contributed by atoms with E-state index in [-0.39, 0.29) is 15.6 Å². The van der Waals surface area contributed by atoms with Crippen LogP contribution in [0.5, 0.6) is 5.75 Å². The fourth-order valence-electron chi connectivity index (χ4n) is 2.13. The lowest BCUT2D eigenvalue weighted by Crippen LogP contribution is -2.30. The Bertz CT molecular complexity index is 916. The number of amides is 1. The first-order chi connectivity index (χ1) is 12.6. The van der Waals surface area contributed by atoms with Gasteiger partial charge in [-0.25, -0.2) is 8.42 Å². The molecule has 2 aromatic rings. The number of anilines is 1. The number of hydrogen-bond acceptors (Lipinski definition) is 5. The number of rotatable bonds is 7. The highest BCUT2D eigenvalue weighted by Gasteiger charge is 2.25. The van der Waals surface area contributed by atoms with Crippen molar-refractivity contribution in [2.75, 3.05) is 19.5 Å². The molecule has 0 radical (unpaired) electrons. The maximum absolute atomic E-state index is 12.4. The monoisotopic (exact) mass is 412 g/mol. The van der Waals surface area contributed by atoms with E-state index >= 15 is 0 Å². The summed E-state index contributed by atoms with van der Waals surface area (Å²) in [5.74, 6) is 0.130. The molecule has 27 heavy (non-hydrogen) atoms. The summed E-state index contributed by atoms with van der Waals surface area (Å²) in [6.07, 6.45) is -0.787. The summed E-state index contributed by atoms with van der Waals surface area (Å²) in [4.78, 5) is 16.9. The van der Waals surface area contributed by atoms with Crippen LogP contribution in [-0.2, 0) is 19.7 Å². The van der Waals surface area contributed by atoms with Gasteiger partial charge in [0.25, 0.3) is 15.9 Å². The summed E-state index contributed by atoms with van der Waals surface area (Å²) >= 11 is 6.00. The van der Waals surface area contributed by atoms with Crippen molar-refractivity contribution in [1.82, 2.24) is 4.47 Å². The molecule has 0 aromatic heterocycles. The van der Waals surface area contributed by atoms with Gasteiger partial charge in [-0.15, -0.1) is 0 Å². The summed E-state index contributed by atoms with van der Waals surface area (Å²) in [6, 6.07) is 11.5. The Kier molecular flexibility index (Phi) is 6.83.